The van der Waals surface area contributed by atoms with Gasteiger partial charge < -0.3 is 20.3 Å². The lowest BCUT2D eigenvalue weighted by molar-refractivity contribution is -0.153. The highest BCUT2D eigenvalue weighted by Gasteiger charge is 2.44. The molecule has 0 bridgehead atoms. The molecule has 0 atom stereocenters. The zero-order valence-electron chi connectivity index (χ0n) is 10.4. The molecule has 1 fully saturated rings. The topological polar surface area (TPSA) is 117 Å². The van der Waals surface area contributed by atoms with Gasteiger partial charge in [-0.05, 0) is 12.8 Å². The fraction of sp³-hybridized carbons (Fsp3) is 0.636. The maximum atomic E-state index is 11.5. The summed E-state index contributed by atoms with van der Waals surface area (Å²) in [7, 11) is 0. The Balaban J connectivity index is 1.66. The molecule has 104 valence electrons. The van der Waals surface area contributed by atoms with Crippen molar-refractivity contribution in [1.29, 1.82) is 0 Å². The summed E-state index contributed by atoms with van der Waals surface area (Å²) in [6, 6.07) is -0.382. The van der Waals surface area contributed by atoms with Crippen molar-refractivity contribution in [2.75, 3.05) is 13.1 Å². The molecule has 3 N–H and O–H groups in total. The fourth-order valence-electron chi connectivity index (χ4n) is 1.97. The van der Waals surface area contributed by atoms with E-state index >= 15 is 0 Å². The van der Waals surface area contributed by atoms with Crippen LogP contribution in [0, 0.1) is 5.41 Å². The second-order valence-corrected chi connectivity index (χ2v) is 4.63. The summed E-state index contributed by atoms with van der Waals surface area (Å²) >= 11 is 0. The quantitative estimate of drug-likeness (QED) is 0.676. The monoisotopic (exact) mass is 268 g/mol. The van der Waals surface area contributed by atoms with Crippen LogP contribution < -0.4 is 10.6 Å². The highest BCUT2D eigenvalue weighted by molar-refractivity contribution is 5.78. The third-order valence-corrected chi connectivity index (χ3v) is 3.38. The molecule has 8 heteroatoms. The van der Waals surface area contributed by atoms with E-state index in [4.69, 9.17) is 9.63 Å². The maximum absolute atomic E-state index is 11.5. The SMILES string of the molecule is O=C(NCCc1ncno1)NCC1(C(=O)O)CCC1. The van der Waals surface area contributed by atoms with Crippen LogP contribution in [0.1, 0.15) is 25.2 Å². The minimum absolute atomic E-state index is 0.161. The molecule has 0 aliphatic heterocycles. The van der Waals surface area contributed by atoms with Gasteiger partial charge in [0, 0.05) is 19.5 Å². The van der Waals surface area contributed by atoms with Crippen LogP contribution >= 0.6 is 0 Å². The second-order valence-electron chi connectivity index (χ2n) is 4.63. The van der Waals surface area contributed by atoms with E-state index in [1.807, 2.05) is 0 Å². The van der Waals surface area contributed by atoms with Crippen LogP contribution in [-0.4, -0.2) is 40.3 Å². The summed E-state index contributed by atoms with van der Waals surface area (Å²) in [4.78, 5) is 26.4. The molecule has 2 rings (SSSR count). The van der Waals surface area contributed by atoms with Crippen molar-refractivity contribution in [3.63, 3.8) is 0 Å². The summed E-state index contributed by atoms with van der Waals surface area (Å²) in [6.45, 7) is 0.517. The lowest BCUT2D eigenvalue weighted by atomic mass is 9.69. The molecule has 1 saturated carbocycles. The Bertz CT molecular complexity index is 442. The number of aliphatic carboxylic acids is 1. The highest BCUT2D eigenvalue weighted by atomic mass is 16.5. The summed E-state index contributed by atoms with van der Waals surface area (Å²) in [5, 5.41) is 17.7. The number of carbonyl (C=O) groups excluding carboxylic acids is 1. The molecule has 1 aliphatic carbocycles. The molecule has 1 aliphatic rings. The minimum Gasteiger partial charge on any atom is -0.481 e. The van der Waals surface area contributed by atoms with Crippen molar-refractivity contribution in [3.8, 4) is 0 Å². The number of amides is 2. The number of nitrogens with one attached hydrogen (secondary N) is 2. The Morgan fingerprint density at radius 1 is 1.42 bits per heavy atom. The predicted octanol–water partition coefficient (Wildman–Crippen LogP) is 0.166. The summed E-state index contributed by atoms with van der Waals surface area (Å²) in [5.74, 6) is -0.397. The lowest BCUT2D eigenvalue weighted by Gasteiger charge is -2.37. The Labute approximate surface area is 109 Å². The molecule has 19 heavy (non-hydrogen) atoms. The van der Waals surface area contributed by atoms with Gasteiger partial charge in [0.05, 0.1) is 5.41 Å². The Morgan fingerprint density at radius 2 is 2.21 bits per heavy atom. The number of nitrogens with zero attached hydrogens (tertiary/aromatic N) is 2. The third-order valence-electron chi connectivity index (χ3n) is 3.38. The average molecular weight is 268 g/mol. The van der Waals surface area contributed by atoms with Gasteiger partial charge >= 0.3 is 12.0 Å². The van der Waals surface area contributed by atoms with Crippen LogP contribution in [0.4, 0.5) is 4.79 Å². The van der Waals surface area contributed by atoms with Crippen LogP contribution in [0.15, 0.2) is 10.9 Å². The number of rotatable bonds is 6. The number of urea groups is 1. The Hall–Kier alpha value is -2.12. The molecule has 1 aromatic rings. The van der Waals surface area contributed by atoms with Gasteiger partial charge in [-0.1, -0.05) is 11.6 Å². The number of carboxylic acids is 1. The van der Waals surface area contributed by atoms with E-state index < -0.39 is 11.4 Å². The van der Waals surface area contributed by atoms with E-state index in [1.165, 1.54) is 6.33 Å². The van der Waals surface area contributed by atoms with Crippen molar-refractivity contribution in [2.45, 2.75) is 25.7 Å². The highest BCUT2D eigenvalue weighted by Crippen LogP contribution is 2.40. The minimum atomic E-state index is -0.843. The van der Waals surface area contributed by atoms with Crippen LogP contribution in [0.3, 0.4) is 0 Å². The van der Waals surface area contributed by atoms with Crippen LogP contribution in [0.25, 0.3) is 0 Å². The Kier molecular flexibility index (Phi) is 3.98. The van der Waals surface area contributed by atoms with Crippen LogP contribution in [-0.2, 0) is 11.2 Å². The molecular weight excluding hydrogens is 252 g/mol. The first-order chi connectivity index (χ1) is 9.12. The number of aromatic nitrogens is 2. The maximum Gasteiger partial charge on any atom is 0.314 e. The van der Waals surface area contributed by atoms with Gasteiger partial charge in [-0.3, -0.25) is 4.79 Å². The summed E-state index contributed by atoms with van der Waals surface area (Å²) in [6.07, 6.45) is 3.86. The van der Waals surface area contributed by atoms with Crippen molar-refractivity contribution < 1.29 is 19.2 Å². The average Bonchev–Trinajstić information content (AvgIpc) is 2.80. The van der Waals surface area contributed by atoms with Gasteiger partial charge in [-0.25, -0.2) is 4.79 Å². The van der Waals surface area contributed by atoms with Gasteiger partial charge in [0.15, 0.2) is 6.33 Å². The zero-order chi connectivity index (χ0) is 13.7. The van der Waals surface area contributed by atoms with E-state index in [1.54, 1.807) is 0 Å². The van der Waals surface area contributed by atoms with Crippen LogP contribution in [0.5, 0.6) is 0 Å². The van der Waals surface area contributed by atoms with Gasteiger partial charge in [0.2, 0.25) is 5.89 Å². The van der Waals surface area contributed by atoms with Crippen LogP contribution in [0.2, 0.25) is 0 Å². The number of carbonyl (C=O) groups is 2. The van der Waals surface area contributed by atoms with Crippen molar-refractivity contribution in [1.82, 2.24) is 20.8 Å². The van der Waals surface area contributed by atoms with Gasteiger partial charge in [0.1, 0.15) is 0 Å². The predicted molar refractivity (Wildman–Crippen MR) is 63.3 cm³/mol. The number of carboxylic acid groups (broad SMARTS) is 1. The zero-order valence-corrected chi connectivity index (χ0v) is 10.4. The molecule has 0 aromatic carbocycles. The molecule has 0 radical (unpaired) electrons. The van der Waals surface area contributed by atoms with E-state index in [2.05, 4.69) is 20.8 Å². The Morgan fingerprint density at radius 3 is 2.74 bits per heavy atom. The first-order valence-electron chi connectivity index (χ1n) is 6.13. The van der Waals surface area contributed by atoms with Gasteiger partial charge in [-0.2, -0.15) is 4.98 Å². The molecule has 8 nitrogen and oxygen atoms in total. The number of hydrogen-bond donors (Lipinski definition) is 3. The summed E-state index contributed by atoms with van der Waals surface area (Å²) < 4.78 is 4.78. The molecule has 1 heterocycles. The van der Waals surface area contributed by atoms with E-state index in [0.29, 0.717) is 31.7 Å². The molecule has 2 amide bonds. The second kappa shape index (κ2) is 5.68. The van der Waals surface area contributed by atoms with E-state index in [0.717, 1.165) is 6.42 Å². The standard InChI is InChI=1S/C11H16N4O4/c16-9(17)11(3-1-4-11)6-13-10(18)12-5-2-8-14-7-15-19-8/h7H,1-6H2,(H,16,17)(H2,12,13,18). The lowest BCUT2D eigenvalue weighted by Crippen LogP contribution is -2.49. The van der Waals surface area contributed by atoms with Gasteiger partial charge in [0.25, 0.3) is 0 Å². The van der Waals surface area contributed by atoms with E-state index in [-0.39, 0.29) is 12.6 Å². The van der Waals surface area contributed by atoms with Crippen molar-refractivity contribution in [2.24, 2.45) is 5.41 Å². The molecular formula is C11H16N4O4. The molecule has 0 unspecified atom stereocenters. The van der Waals surface area contributed by atoms with E-state index in [9.17, 15) is 9.59 Å². The third kappa shape index (κ3) is 3.21. The van der Waals surface area contributed by atoms with Crippen molar-refractivity contribution >= 4 is 12.0 Å². The largest absolute Gasteiger partial charge is 0.481 e. The molecule has 1 aromatic heterocycles. The first-order valence-corrected chi connectivity index (χ1v) is 6.13. The summed E-state index contributed by atoms with van der Waals surface area (Å²) in [5.41, 5.74) is -0.774. The first kappa shape index (κ1) is 13.3. The normalized spacial score (nSPS) is 16.4. The smallest absolute Gasteiger partial charge is 0.314 e. The molecule has 0 spiro atoms. The fourth-order valence-corrected chi connectivity index (χ4v) is 1.97. The van der Waals surface area contributed by atoms with Gasteiger partial charge in [-0.15, -0.1) is 0 Å². The number of hydrogen-bond acceptors (Lipinski definition) is 5. The molecule has 0 saturated heterocycles. The van der Waals surface area contributed by atoms with Crippen molar-refractivity contribution in [3.05, 3.63) is 12.2 Å².